The molecule has 4 nitrogen and oxygen atoms in total. The van der Waals surface area contributed by atoms with Gasteiger partial charge >= 0.3 is 0 Å². The Bertz CT molecular complexity index is 231. The monoisotopic (exact) mass is 197 g/mol. The van der Waals surface area contributed by atoms with Crippen LogP contribution in [0.2, 0.25) is 0 Å². The van der Waals surface area contributed by atoms with Crippen molar-refractivity contribution in [2.24, 2.45) is 5.73 Å². The van der Waals surface area contributed by atoms with Gasteiger partial charge in [0.2, 0.25) is 5.91 Å². The molecule has 2 bridgehead atoms. The van der Waals surface area contributed by atoms with E-state index in [2.05, 4.69) is 11.9 Å². The van der Waals surface area contributed by atoms with Crippen molar-refractivity contribution in [3.63, 3.8) is 0 Å². The third-order valence-corrected chi connectivity index (χ3v) is 3.68. The number of likely N-dealkylation sites (tertiary alicyclic amines) is 1. The number of amides is 1. The SMILES string of the molecule is CN1C2CCC1CN(C(=O)CN)CC2. The molecule has 2 fully saturated rings. The third kappa shape index (κ3) is 1.64. The summed E-state index contributed by atoms with van der Waals surface area (Å²) in [6.45, 7) is 1.92. The quantitative estimate of drug-likeness (QED) is 0.624. The summed E-state index contributed by atoms with van der Waals surface area (Å²) in [5.74, 6) is 0.103. The molecule has 0 aromatic rings. The van der Waals surface area contributed by atoms with Crippen LogP contribution < -0.4 is 5.73 Å². The molecule has 4 heteroatoms. The van der Waals surface area contributed by atoms with Gasteiger partial charge in [0.25, 0.3) is 0 Å². The van der Waals surface area contributed by atoms with Gasteiger partial charge in [0.15, 0.2) is 0 Å². The Kier molecular flexibility index (Phi) is 2.74. The van der Waals surface area contributed by atoms with Crippen molar-refractivity contribution < 1.29 is 4.79 Å². The zero-order chi connectivity index (χ0) is 10.1. The predicted octanol–water partition coefficient (Wildman–Crippen LogP) is -0.360. The fourth-order valence-corrected chi connectivity index (χ4v) is 2.66. The molecule has 2 rings (SSSR count). The van der Waals surface area contributed by atoms with Gasteiger partial charge in [-0.3, -0.25) is 9.69 Å². The van der Waals surface area contributed by atoms with E-state index < -0.39 is 0 Å². The molecule has 2 atom stereocenters. The lowest BCUT2D eigenvalue weighted by molar-refractivity contribution is -0.130. The number of fused-ring (bicyclic) bond motifs is 2. The Morgan fingerprint density at radius 3 is 2.79 bits per heavy atom. The standard InChI is InChI=1S/C10H19N3O/c1-12-8-2-3-9(12)7-13(5-4-8)10(14)6-11/h8-9H,2-7,11H2,1H3. The van der Waals surface area contributed by atoms with Gasteiger partial charge in [-0.25, -0.2) is 0 Å². The fraction of sp³-hybridized carbons (Fsp3) is 0.900. The van der Waals surface area contributed by atoms with E-state index in [4.69, 9.17) is 5.73 Å². The highest BCUT2D eigenvalue weighted by atomic mass is 16.2. The molecule has 2 aliphatic rings. The third-order valence-electron chi connectivity index (χ3n) is 3.68. The van der Waals surface area contributed by atoms with Gasteiger partial charge in [-0.1, -0.05) is 0 Å². The summed E-state index contributed by atoms with van der Waals surface area (Å²) in [4.78, 5) is 15.9. The lowest BCUT2D eigenvalue weighted by Crippen LogP contribution is -2.42. The Balaban J connectivity index is 2.03. The number of nitrogens with zero attached hydrogens (tertiary/aromatic N) is 2. The summed E-state index contributed by atoms with van der Waals surface area (Å²) in [5.41, 5.74) is 5.38. The van der Waals surface area contributed by atoms with Crippen molar-refractivity contribution in [1.82, 2.24) is 9.80 Å². The van der Waals surface area contributed by atoms with E-state index in [0.29, 0.717) is 12.1 Å². The second-order valence-electron chi connectivity index (χ2n) is 4.38. The number of carbonyl (C=O) groups excluding carboxylic acids is 1. The van der Waals surface area contributed by atoms with Gasteiger partial charge in [-0.15, -0.1) is 0 Å². The zero-order valence-corrected chi connectivity index (χ0v) is 8.78. The highest BCUT2D eigenvalue weighted by Crippen LogP contribution is 2.28. The van der Waals surface area contributed by atoms with E-state index in [1.54, 1.807) is 0 Å². The second-order valence-corrected chi connectivity index (χ2v) is 4.38. The molecule has 0 aliphatic carbocycles. The van der Waals surface area contributed by atoms with E-state index >= 15 is 0 Å². The molecule has 0 radical (unpaired) electrons. The lowest BCUT2D eigenvalue weighted by atomic mass is 10.1. The molecular formula is C10H19N3O. The Hall–Kier alpha value is -0.610. The number of carbonyl (C=O) groups is 1. The van der Waals surface area contributed by atoms with Gasteiger partial charge in [-0.2, -0.15) is 0 Å². The van der Waals surface area contributed by atoms with Crippen LogP contribution in [0.3, 0.4) is 0 Å². The van der Waals surface area contributed by atoms with E-state index in [1.807, 2.05) is 4.90 Å². The molecule has 2 aliphatic heterocycles. The minimum absolute atomic E-state index is 0.103. The summed E-state index contributed by atoms with van der Waals surface area (Å²) in [7, 11) is 2.18. The topological polar surface area (TPSA) is 49.6 Å². The average molecular weight is 197 g/mol. The van der Waals surface area contributed by atoms with Crippen LogP contribution in [0.5, 0.6) is 0 Å². The van der Waals surface area contributed by atoms with E-state index in [0.717, 1.165) is 19.5 Å². The average Bonchev–Trinajstić information content (AvgIpc) is 2.40. The van der Waals surface area contributed by atoms with Crippen molar-refractivity contribution in [1.29, 1.82) is 0 Å². The zero-order valence-electron chi connectivity index (χ0n) is 8.78. The minimum Gasteiger partial charge on any atom is -0.340 e. The van der Waals surface area contributed by atoms with Crippen LogP contribution in [-0.2, 0) is 4.79 Å². The summed E-state index contributed by atoms with van der Waals surface area (Å²) < 4.78 is 0. The Labute approximate surface area is 85.0 Å². The van der Waals surface area contributed by atoms with Crippen LogP contribution in [0.4, 0.5) is 0 Å². The van der Waals surface area contributed by atoms with Crippen molar-refractivity contribution in [3.05, 3.63) is 0 Å². The number of likely N-dealkylation sites (N-methyl/N-ethyl adjacent to an activating group) is 1. The number of hydrogen-bond acceptors (Lipinski definition) is 3. The molecule has 2 heterocycles. The highest BCUT2D eigenvalue weighted by molar-refractivity contribution is 5.78. The molecule has 2 N–H and O–H groups in total. The maximum atomic E-state index is 11.5. The second kappa shape index (κ2) is 3.87. The van der Waals surface area contributed by atoms with Crippen LogP contribution in [0.1, 0.15) is 19.3 Å². The van der Waals surface area contributed by atoms with E-state index in [1.165, 1.54) is 12.8 Å². The van der Waals surface area contributed by atoms with Crippen molar-refractivity contribution in [2.75, 3.05) is 26.7 Å². The van der Waals surface area contributed by atoms with Crippen LogP contribution in [0.25, 0.3) is 0 Å². The summed E-state index contributed by atoms with van der Waals surface area (Å²) in [5, 5.41) is 0. The minimum atomic E-state index is 0.103. The maximum Gasteiger partial charge on any atom is 0.236 e. The largest absolute Gasteiger partial charge is 0.340 e. The van der Waals surface area contributed by atoms with Crippen LogP contribution >= 0.6 is 0 Å². The molecule has 0 spiro atoms. The number of hydrogen-bond donors (Lipinski definition) is 1. The first kappa shape index (κ1) is 9.93. The molecule has 2 saturated heterocycles. The number of nitrogens with two attached hydrogens (primary N) is 1. The smallest absolute Gasteiger partial charge is 0.236 e. The summed E-state index contributed by atoms with van der Waals surface area (Å²) in [6.07, 6.45) is 3.64. The van der Waals surface area contributed by atoms with Crippen molar-refractivity contribution in [3.8, 4) is 0 Å². The molecule has 1 amide bonds. The van der Waals surface area contributed by atoms with Crippen LogP contribution in [0.15, 0.2) is 0 Å². The van der Waals surface area contributed by atoms with Gasteiger partial charge in [0.05, 0.1) is 6.54 Å². The molecule has 0 aromatic heterocycles. The van der Waals surface area contributed by atoms with Crippen molar-refractivity contribution in [2.45, 2.75) is 31.3 Å². The Morgan fingerprint density at radius 1 is 1.36 bits per heavy atom. The van der Waals surface area contributed by atoms with Gasteiger partial charge in [-0.05, 0) is 26.3 Å². The van der Waals surface area contributed by atoms with Gasteiger partial charge in [0, 0.05) is 25.2 Å². The van der Waals surface area contributed by atoms with Gasteiger partial charge < -0.3 is 10.6 Å². The first-order chi connectivity index (χ1) is 6.72. The molecule has 80 valence electrons. The summed E-state index contributed by atoms with van der Waals surface area (Å²) in [6, 6.07) is 1.26. The highest BCUT2D eigenvalue weighted by Gasteiger charge is 2.35. The molecule has 0 aromatic carbocycles. The van der Waals surface area contributed by atoms with Crippen LogP contribution in [0, 0.1) is 0 Å². The molecule has 0 saturated carbocycles. The first-order valence-corrected chi connectivity index (χ1v) is 5.42. The number of rotatable bonds is 1. The predicted molar refractivity (Wildman–Crippen MR) is 54.8 cm³/mol. The van der Waals surface area contributed by atoms with Crippen molar-refractivity contribution >= 4 is 5.91 Å². The van der Waals surface area contributed by atoms with Crippen LogP contribution in [-0.4, -0.2) is 54.5 Å². The molecule has 14 heavy (non-hydrogen) atoms. The maximum absolute atomic E-state index is 11.5. The lowest BCUT2D eigenvalue weighted by Gasteiger charge is -2.25. The molecular weight excluding hydrogens is 178 g/mol. The van der Waals surface area contributed by atoms with E-state index in [9.17, 15) is 4.79 Å². The van der Waals surface area contributed by atoms with E-state index in [-0.39, 0.29) is 12.5 Å². The molecule has 2 unspecified atom stereocenters. The normalized spacial score (nSPS) is 33.1. The fourth-order valence-electron chi connectivity index (χ4n) is 2.66. The van der Waals surface area contributed by atoms with Gasteiger partial charge in [0.1, 0.15) is 0 Å². The Morgan fingerprint density at radius 2 is 2.07 bits per heavy atom. The first-order valence-electron chi connectivity index (χ1n) is 5.42. The summed E-state index contributed by atoms with van der Waals surface area (Å²) >= 11 is 0.